The number of nitrogens with one attached hydrogen (secondary N) is 1. The molecular formula is C12H14BrNS2. The summed E-state index contributed by atoms with van der Waals surface area (Å²) < 4.78 is 1.17. The molecule has 86 valence electrons. The highest BCUT2D eigenvalue weighted by molar-refractivity contribution is 9.10. The number of rotatable bonds is 4. The highest BCUT2D eigenvalue weighted by Crippen LogP contribution is 2.25. The molecule has 0 saturated carbocycles. The first-order valence-electron chi connectivity index (χ1n) is 5.16. The van der Waals surface area contributed by atoms with Crippen LogP contribution < -0.4 is 5.32 Å². The van der Waals surface area contributed by atoms with Crippen LogP contribution in [0.5, 0.6) is 0 Å². The normalized spacial score (nSPS) is 12.9. The molecule has 0 radical (unpaired) electrons. The summed E-state index contributed by atoms with van der Waals surface area (Å²) in [4.78, 5) is 1.37. The van der Waals surface area contributed by atoms with Gasteiger partial charge in [-0.05, 0) is 57.7 Å². The fourth-order valence-electron chi connectivity index (χ4n) is 1.49. The molecule has 1 unspecified atom stereocenters. The van der Waals surface area contributed by atoms with Gasteiger partial charge in [-0.25, -0.2) is 0 Å². The van der Waals surface area contributed by atoms with E-state index >= 15 is 0 Å². The van der Waals surface area contributed by atoms with Gasteiger partial charge >= 0.3 is 0 Å². The Hall–Kier alpha value is -0.160. The zero-order valence-electron chi connectivity index (χ0n) is 9.29. The number of aryl methyl sites for hydroxylation is 1. The minimum atomic E-state index is 0.413. The van der Waals surface area contributed by atoms with E-state index in [1.54, 1.807) is 22.7 Å². The molecule has 0 aliphatic heterocycles. The van der Waals surface area contributed by atoms with Crippen LogP contribution in [0.3, 0.4) is 0 Å². The molecule has 1 nitrogen and oxygen atoms in total. The lowest BCUT2D eigenvalue weighted by molar-refractivity contribution is 0.582. The average Bonchev–Trinajstić information content (AvgIpc) is 2.84. The molecule has 2 rings (SSSR count). The summed E-state index contributed by atoms with van der Waals surface area (Å²) in [6, 6.07) is 2.60. The second kappa shape index (κ2) is 5.45. The fraction of sp³-hybridized carbons (Fsp3) is 0.333. The first-order chi connectivity index (χ1) is 7.66. The Morgan fingerprint density at radius 3 is 2.75 bits per heavy atom. The van der Waals surface area contributed by atoms with E-state index in [-0.39, 0.29) is 0 Å². The Balaban J connectivity index is 1.93. The van der Waals surface area contributed by atoms with Crippen LogP contribution in [0.15, 0.2) is 26.7 Å². The molecule has 0 saturated heterocycles. The van der Waals surface area contributed by atoms with Crippen LogP contribution in [0.4, 0.5) is 0 Å². The van der Waals surface area contributed by atoms with Gasteiger partial charge < -0.3 is 5.32 Å². The summed E-state index contributed by atoms with van der Waals surface area (Å²) in [6.45, 7) is 5.33. The number of halogens is 1. The molecule has 2 aromatic heterocycles. The molecule has 0 spiro atoms. The molecule has 0 aromatic carbocycles. The second-order valence-corrected chi connectivity index (χ2v) is 6.45. The van der Waals surface area contributed by atoms with Gasteiger partial charge in [0.1, 0.15) is 0 Å². The summed E-state index contributed by atoms with van der Waals surface area (Å²) >= 11 is 7.05. The predicted molar refractivity (Wildman–Crippen MR) is 76.3 cm³/mol. The zero-order chi connectivity index (χ0) is 11.5. The van der Waals surface area contributed by atoms with Crippen LogP contribution in [0.2, 0.25) is 0 Å². The van der Waals surface area contributed by atoms with E-state index in [1.165, 1.54) is 20.5 Å². The van der Waals surface area contributed by atoms with Crippen LogP contribution in [-0.4, -0.2) is 0 Å². The van der Waals surface area contributed by atoms with Crippen molar-refractivity contribution in [2.45, 2.75) is 26.4 Å². The SMILES string of the molecule is Cc1cscc1CNC(C)c1cc(Br)cs1. The number of thiophene rings is 2. The van der Waals surface area contributed by atoms with Gasteiger partial charge in [0.25, 0.3) is 0 Å². The van der Waals surface area contributed by atoms with Gasteiger partial charge in [0.2, 0.25) is 0 Å². The van der Waals surface area contributed by atoms with Gasteiger partial charge in [-0.1, -0.05) is 0 Å². The van der Waals surface area contributed by atoms with Gasteiger partial charge in [-0.3, -0.25) is 0 Å². The molecule has 16 heavy (non-hydrogen) atoms. The van der Waals surface area contributed by atoms with Crippen molar-refractivity contribution in [1.82, 2.24) is 5.32 Å². The molecular weight excluding hydrogens is 302 g/mol. The summed E-state index contributed by atoms with van der Waals surface area (Å²) in [5, 5.41) is 10.1. The van der Waals surface area contributed by atoms with Crippen molar-refractivity contribution in [3.8, 4) is 0 Å². The lowest BCUT2D eigenvalue weighted by Crippen LogP contribution is -2.17. The maximum atomic E-state index is 3.55. The molecule has 0 fully saturated rings. The van der Waals surface area contributed by atoms with E-state index < -0.39 is 0 Å². The maximum absolute atomic E-state index is 3.55. The second-order valence-electron chi connectivity index (χ2n) is 3.85. The minimum absolute atomic E-state index is 0.413. The van der Waals surface area contributed by atoms with Crippen LogP contribution in [0, 0.1) is 6.92 Å². The molecule has 0 aliphatic rings. The predicted octanol–water partition coefficient (Wildman–Crippen LogP) is 4.73. The first-order valence-corrected chi connectivity index (χ1v) is 7.77. The molecule has 0 aliphatic carbocycles. The third-order valence-corrected chi connectivity index (χ3v) is 5.36. The molecule has 1 N–H and O–H groups in total. The third-order valence-electron chi connectivity index (χ3n) is 2.57. The lowest BCUT2D eigenvalue weighted by atomic mass is 10.2. The quantitative estimate of drug-likeness (QED) is 0.860. The molecule has 2 aromatic rings. The Morgan fingerprint density at radius 2 is 2.19 bits per heavy atom. The smallest absolute Gasteiger partial charge is 0.0389 e. The Bertz CT molecular complexity index is 461. The van der Waals surface area contributed by atoms with E-state index in [0.29, 0.717) is 6.04 Å². The van der Waals surface area contributed by atoms with Crippen LogP contribution in [-0.2, 0) is 6.54 Å². The van der Waals surface area contributed by atoms with Gasteiger partial charge in [0.15, 0.2) is 0 Å². The summed E-state index contributed by atoms with van der Waals surface area (Å²) in [6.07, 6.45) is 0. The standard InChI is InChI=1S/C12H14BrNS2/c1-8-5-15-6-10(8)4-14-9(2)12-3-11(13)7-16-12/h3,5-7,9,14H,4H2,1-2H3. The minimum Gasteiger partial charge on any atom is -0.305 e. The van der Waals surface area contributed by atoms with Crippen molar-refractivity contribution >= 4 is 38.6 Å². The first kappa shape index (κ1) is 12.3. The van der Waals surface area contributed by atoms with E-state index in [2.05, 4.69) is 57.3 Å². The Labute approximate surface area is 113 Å². The monoisotopic (exact) mass is 315 g/mol. The van der Waals surface area contributed by atoms with E-state index in [9.17, 15) is 0 Å². The summed E-state index contributed by atoms with van der Waals surface area (Å²) in [5.41, 5.74) is 2.80. The van der Waals surface area contributed by atoms with E-state index in [0.717, 1.165) is 6.54 Å². The maximum Gasteiger partial charge on any atom is 0.0389 e. The summed E-state index contributed by atoms with van der Waals surface area (Å²) in [7, 11) is 0. The zero-order valence-corrected chi connectivity index (χ0v) is 12.5. The number of hydrogen-bond acceptors (Lipinski definition) is 3. The van der Waals surface area contributed by atoms with E-state index in [1.807, 2.05) is 0 Å². The molecule has 0 bridgehead atoms. The molecule has 2 heterocycles. The van der Waals surface area contributed by atoms with Crippen molar-refractivity contribution in [1.29, 1.82) is 0 Å². The lowest BCUT2D eigenvalue weighted by Gasteiger charge is -2.11. The molecule has 1 atom stereocenters. The highest BCUT2D eigenvalue weighted by Gasteiger charge is 2.08. The Kier molecular flexibility index (Phi) is 4.19. The Morgan fingerprint density at radius 1 is 1.38 bits per heavy atom. The van der Waals surface area contributed by atoms with Crippen molar-refractivity contribution in [3.05, 3.63) is 42.7 Å². The van der Waals surface area contributed by atoms with Crippen molar-refractivity contribution in [3.63, 3.8) is 0 Å². The fourth-order valence-corrected chi connectivity index (χ4v) is 3.82. The van der Waals surface area contributed by atoms with Crippen molar-refractivity contribution in [2.24, 2.45) is 0 Å². The van der Waals surface area contributed by atoms with Crippen molar-refractivity contribution in [2.75, 3.05) is 0 Å². The summed E-state index contributed by atoms with van der Waals surface area (Å²) in [5.74, 6) is 0. The molecule has 4 heteroatoms. The van der Waals surface area contributed by atoms with Crippen LogP contribution in [0.1, 0.15) is 29.0 Å². The van der Waals surface area contributed by atoms with E-state index in [4.69, 9.17) is 0 Å². The van der Waals surface area contributed by atoms with Crippen molar-refractivity contribution < 1.29 is 0 Å². The third kappa shape index (κ3) is 2.94. The average molecular weight is 316 g/mol. The molecule has 0 amide bonds. The topological polar surface area (TPSA) is 12.0 Å². The van der Waals surface area contributed by atoms with Crippen LogP contribution >= 0.6 is 38.6 Å². The van der Waals surface area contributed by atoms with Gasteiger partial charge in [-0.2, -0.15) is 11.3 Å². The number of hydrogen-bond donors (Lipinski definition) is 1. The van der Waals surface area contributed by atoms with Gasteiger partial charge in [-0.15, -0.1) is 11.3 Å². The largest absolute Gasteiger partial charge is 0.305 e. The van der Waals surface area contributed by atoms with Gasteiger partial charge in [0.05, 0.1) is 0 Å². The van der Waals surface area contributed by atoms with Gasteiger partial charge in [0, 0.05) is 27.3 Å². The van der Waals surface area contributed by atoms with Crippen LogP contribution in [0.25, 0.3) is 0 Å². The highest BCUT2D eigenvalue weighted by atomic mass is 79.9.